The molecule has 6 heteroatoms. The topological polar surface area (TPSA) is 74.8 Å². The molecule has 2 N–H and O–H groups in total. The molecule has 2 heterocycles. The van der Waals surface area contributed by atoms with Crippen molar-refractivity contribution in [3.8, 4) is 0 Å². The summed E-state index contributed by atoms with van der Waals surface area (Å²) < 4.78 is 0. The van der Waals surface area contributed by atoms with Gasteiger partial charge in [0.25, 0.3) is 5.56 Å². The van der Waals surface area contributed by atoms with Gasteiger partial charge in [0.15, 0.2) is 5.16 Å². The van der Waals surface area contributed by atoms with Crippen LogP contribution in [-0.4, -0.2) is 21.6 Å². The third-order valence-electron chi connectivity index (χ3n) is 3.41. The number of aromatic amines is 1. The average Bonchev–Trinajstić information content (AvgIpc) is 2.47. The highest BCUT2D eigenvalue weighted by atomic mass is 32.2. The molecular weight excluding hydrogens is 286 g/mol. The highest BCUT2D eigenvalue weighted by Crippen LogP contribution is 2.34. The summed E-state index contributed by atoms with van der Waals surface area (Å²) in [6, 6.07) is 9.59. The Bertz CT molecular complexity index is 727. The quantitative estimate of drug-likeness (QED) is 0.674. The largest absolute Gasteiger partial charge is 0.310 e. The Morgan fingerprint density at radius 2 is 2.05 bits per heavy atom. The fourth-order valence-corrected chi connectivity index (χ4v) is 3.12. The number of carbonyl (C=O) groups is 1. The average molecular weight is 301 g/mol. The van der Waals surface area contributed by atoms with E-state index in [0.717, 1.165) is 11.3 Å². The zero-order valence-corrected chi connectivity index (χ0v) is 12.4. The molecule has 0 saturated carbocycles. The van der Waals surface area contributed by atoms with Gasteiger partial charge in [-0.3, -0.25) is 9.59 Å². The Hall–Kier alpha value is -2.08. The molecule has 0 aliphatic carbocycles. The highest BCUT2D eigenvalue weighted by Gasteiger charge is 2.30. The van der Waals surface area contributed by atoms with Gasteiger partial charge in [0.05, 0.1) is 5.56 Å². The molecule has 1 aromatic heterocycles. The van der Waals surface area contributed by atoms with E-state index in [2.05, 4.69) is 15.3 Å². The highest BCUT2D eigenvalue weighted by molar-refractivity contribution is 7.99. The first-order valence-corrected chi connectivity index (χ1v) is 7.79. The van der Waals surface area contributed by atoms with E-state index >= 15 is 0 Å². The van der Waals surface area contributed by atoms with Crippen molar-refractivity contribution < 1.29 is 4.79 Å². The normalized spacial score (nSPS) is 17.2. The molecule has 1 atom stereocenters. The van der Waals surface area contributed by atoms with E-state index in [9.17, 15) is 9.59 Å². The molecule has 0 radical (unpaired) electrons. The van der Waals surface area contributed by atoms with Crippen molar-refractivity contribution in [1.29, 1.82) is 0 Å². The molecule has 0 bridgehead atoms. The maximum absolute atomic E-state index is 12.4. The Kier molecular flexibility index (Phi) is 3.79. The first-order chi connectivity index (χ1) is 10.2. The Labute approximate surface area is 126 Å². The van der Waals surface area contributed by atoms with Crippen LogP contribution in [0.1, 0.15) is 30.4 Å². The van der Waals surface area contributed by atoms with E-state index in [4.69, 9.17) is 0 Å². The lowest BCUT2D eigenvalue weighted by Crippen LogP contribution is -2.31. The van der Waals surface area contributed by atoms with Crippen LogP contribution in [0.5, 0.6) is 0 Å². The minimum atomic E-state index is -0.244. The number of rotatable bonds is 3. The van der Waals surface area contributed by atoms with Crippen molar-refractivity contribution in [1.82, 2.24) is 9.97 Å². The molecule has 0 saturated heterocycles. The second kappa shape index (κ2) is 5.73. The second-order valence-electron chi connectivity index (χ2n) is 4.78. The number of anilines is 1. The minimum absolute atomic E-state index is 0.109. The minimum Gasteiger partial charge on any atom is -0.310 e. The maximum Gasteiger partial charge on any atom is 0.257 e. The Morgan fingerprint density at radius 1 is 1.29 bits per heavy atom. The molecule has 0 spiro atoms. The molecule has 0 fully saturated rings. The van der Waals surface area contributed by atoms with Crippen LogP contribution in [-0.2, 0) is 4.79 Å². The molecule has 2 aromatic rings. The first-order valence-electron chi connectivity index (χ1n) is 6.81. The summed E-state index contributed by atoms with van der Waals surface area (Å²) in [7, 11) is 0. The molecule has 3 rings (SSSR count). The predicted molar refractivity (Wildman–Crippen MR) is 82.8 cm³/mol. The van der Waals surface area contributed by atoms with Crippen molar-refractivity contribution in [3.05, 3.63) is 51.8 Å². The van der Waals surface area contributed by atoms with Crippen LogP contribution in [0.15, 0.2) is 40.3 Å². The molecule has 108 valence electrons. The van der Waals surface area contributed by atoms with E-state index < -0.39 is 0 Å². The molecule has 21 heavy (non-hydrogen) atoms. The van der Waals surface area contributed by atoms with Gasteiger partial charge in [0.2, 0.25) is 5.91 Å². The number of hydrogen-bond donors (Lipinski definition) is 2. The zero-order valence-electron chi connectivity index (χ0n) is 11.6. The number of amides is 1. The summed E-state index contributed by atoms with van der Waals surface area (Å²) in [6.07, 6.45) is 0.266. The van der Waals surface area contributed by atoms with Gasteiger partial charge in [-0.15, -0.1) is 0 Å². The van der Waals surface area contributed by atoms with Crippen LogP contribution in [0, 0.1) is 0 Å². The van der Waals surface area contributed by atoms with E-state index in [1.807, 2.05) is 37.3 Å². The molecule has 1 aliphatic heterocycles. The monoisotopic (exact) mass is 301 g/mol. The summed E-state index contributed by atoms with van der Waals surface area (Å²) in [4.78, 5) is 31.5. The smallest absolute Gasteiger partial charge is 0.257 e. The molecule has 1 unspecified atom stereocenters. The van der Waals surface area contributed by atoms with Gasteiger partial charge in [-0.2, -0.15) is 0 Å². The third kappa shape index (κ3) is 2.71. The number of H-pyrrole nitrogens is 1. The summed E-state index contributed by atoms with van der Waals surface area (Å²) in [6.45, 7) is 1.98. The number of aromatic nitrogens is 2. The van der Waals surface area contributed by atoms with Crippen LogP contribution >= 0.6 is 11.8 Å². The van der Waals surface area contributed by atoms with Crippen LogP contribution in [0.4, 0.5) is 5.82 Å². The van der Waals surface area contributed by atoms with Gasteiger partial charge in [-0.05, 0) is 11.3 Å². The van der Waals surface area contributed by atoms with Crippen molar-refractivity contribution in [2.45, 2.75) is 24.4 Å². The molecule has 1 aromatic carbocycles. The van der Waals surface area contributed by atoms with Gasteiger partial charge in [-0.1, -0.05) is 49.0 Å². The number of nitrogens with one attached hydrogen (secondary N) is 2. The van der Waals surface area contributed by atoms with Crippen molar-refractivity contribution >= 4 is 23.5 Å². The number of nitrogens with zero attached hydrogens (tertiary/aromatic N) is 1. The van der Waals surface area contributed by atoms with E-state index in [1.165, 1.54) is 11.8 Å². The standard InChI is InChI=1S/C15H15N3O2S/c1-2-21-15-17-13-12(14(20)18-15)10(8-11(19)16-13)9-6-4-3-5-7-9/h3-7,10H,2,8H2,1H3,(H2,16,17,18,19,20). The van der Waals surface area contributed by atoms with E-state index in [1.54, 1.807) is 0 Å². The summed E-state index contributed by atoms with van der Waals surface area (Å²) in [5.74, 6) is 0.839. The fraction of sp³-hybridized carbons (Fsp3) is 0.267. The number of hydrogen-bond acceptors (Lipinski definition) is 4. The number of benzene rings is 1. The predicted octanol–water partition coefficient (Wildman–Crippen LogP) is 2.36. The molecular formula is C15H15N3O2S. The summed E-state index contributed by atoms with van der Waals surface area (Å²) in [5, 5.41) is 3.25. The number of thioether (sulfide) groups is 1. The lowest BCUT2D eigenvalue weighted by molar-refractivity contribution is -0.116. The first kappa shape index (κ1) is 13.9. The lowest BCUT2D eigenvalue weighted by Gasteiger charge is -2.24. The fourth-order valence-electron chi connectivity index (χ4n) is 2.53. The third-order valence-corrected chi connectivity index (χ3v) is 4.17. The van der Waals surface area contributed by atoms with E-state index in [0.29, 0.717) is 16.5 Å². The maximum atomic E-state index is 12.4. The van der Waals surface area contributed by atoms with Gasteiger partial charge >= 0.3 is 0 Å². The van der Waals surface area contributed by atoms with Crippen LogP contribution in [0.3, 0.4) is 0 Å². The Balaban J connectivity index is 2.12. The number of fused-ring (bicyclic) bond motifs is 1. The SMILES string of the molecule is CCSc1nc2c(c(=O)[nH]1)C(c1ccccc1)CC(=O)N2. The van der Waals surface area contributed by atoms with Gasteiger partial charge < -0.3 is 10.3 Å². The summed E-state index contributed by atoms with van der Waals surface area (Å²) >= 11 is 1.44. The van der Waals surface area contributed by atoms with Gasteiger partial charge in [0, 0.05) is 12.3 Å². The van der Waals surface area contributed by atoms with Crippen molar-refractivity contribution in [3.63, 3.8) is 0 Å². The molecule has 5 nitrogen and oxygen atoms in total. The van der Waals surface area contributed by atoms with Crippen LogP contribution in [0.25, 0.3) is 0 Å². The Morgan fingerprint density at radius 3 is 2.76 bits per heavy atom. The zero-order chi connectivity index (χ0) is 14.8. The van der Waals surface area contributed by atoms with Gasteiger partial charge in [-0.25, -0.2) is 4.98 Å². The van der Waals surface area contributed by atoms with E-state index in [-0.39, 0.29) is 23.8 Å². The van der Waals surface area contributed by atoms with Crippen molar-refractivity contribution in [2.75, 3.05) is 11.1 Å². The van der Waals surface area contributed by atoms with Crippen LogP contribution < -0.4 is 10.9 Å². The van der Waals surface area contributed by atoms with Gasteiger partial charge in [0.1, 0.15) is 5.82 Å². The molecule has 1 aliphatic rings. The van der Waals surface area contributed by atoms with Crippen molar-refractivity contribution in [2.24, 2.45) is 0 Å². The molecule has 1 amide bonds. The lowest BCUT2D eigenvalue weighted by atomic mass is 9.87. The second-order valence-corrected chi connectivity index (χ2v) is 6.03. The van der Waals surface area contributed by atoms with Crippen LogP contribution in [0.2, 0.25) is 0 Å². The number of carbonyl (C=O) groups excluding carboxylic acids is 1. The summed E-state index contributed by atoms with van der Waals surface area (Å²) in [5.41, 5.74) is 1.32.